The number of rotatable bonds is 7. The molecule has 2 amide bonds. The smallest absolute Gasteiger partial charge is 0.254 e. The molecule has 0 bridgehead atoms. The Morgan fingerprint density at radius 3 is 2.71 bits per heavy atom. The number of likely N-dealkylation sites (N-methyl/N-ethyl adjacent to an activating group) is 1. The number of amides is 2. The third-order valence-electron chi connectivity index (χ3n) is 4.52. The summed E-state index contributed by atoms with van der Waals surface area (Å²) in [5.74, 6) is 1.08. The molecule has 0 fully saturated rings. The van der Waals surface area contributed by atoms with Crippen molar-refractivity contribution in [1.29, 1.82) is 0 Å². The molecule has 0 atom stereocenters. The molecule has 1 N–H and O–H groups in total. The largest absolute Gasteiger partial charge is 0.360 e. The van der Waals surface area contributed by atoms with E-state index in [-0.39, 0.29) is 18.4 Å². The SMILES string of the molecule is Cc1cc(NC(=O)CN(C)C(=O)c2ccc(SCc3cn4ccccc4n3)cc2)no1. The minimum Gasteiger partial charge on any atom is -0.360 e. The second-order valence-electron chi connectivity index (χ2n) is 7.04. The number of carbonyl (C=O) groups excluding carboxylic acids is 2. The van der Waals surface area contributed by atoms with Gasteiger partial charge in [-0.05, 0) is 43.3 Å². The van der Waals surface area contributed by atoms with Gasteiger partial charge < -0.3 is 19.1 Å². The van der Waals surface area contributed by atoms with E-state index in [1.807, 2.05) is 47.1 Å². The standard InChI is InChI=1S/C22H21N5O3S/c1-15-11-19(25-30-15)24-21(28)13-26(2)22(29)16-6-8-18(9-7-16)31-14-17-12-27-10-4-3-5-20(27)23-17/h3-12H,13-14H2,1-2H3,(H,24,25,28). The van der Waals surface area contributed by atoms with Gasteiger partial charge in [-0.2, -0.15) is 0 Å². The maximum Gasteiger partial charge on any atom is 0.254 e. The average Bonchev–Trinajstić information content (AvgIpc) is 3.37. The van der Waals surface area contributed by atoms with Crippen molar-refractivity contribution in [2.75, 3.05) is 18.9 Å². The monoisotopic (exact) mass is 435 g/mol. The molecular formula is C22H21N5O3S. The highest BCUT2D eigenvalue weighted by Crippen LogP contribution is 2.23. The first-order valence-electron chi connectivity index (χ1n) is 9.62. The van der Waals surface area contributed by atoms with E-state index in [9.17, 15) is 9.59 Å². The lowest BCUT2D eigenvalue weighted by Crippen LogP contribution is -2.34. The van der Waals surface area contributed by atoms with Gasteiger partial charge in [-0.25, -0.2) is 4.98 Å². The molecular weight excluding hydrogens is 414 g/mol. The topological polar surface area (TPSA) is 92.7 Å². The number of hydrogen-bond acceptors (Lipinski definition) is 6. The number of anilines is 1. The van der Waals surface area contributed by atoms with Crippen molar-refractivity contribution in [1.82, 2.24) is 19.4 Å². The van der Waals surface area contributed by atoms with E-state index in [2.05, 4.69) is 15.5 Å². The van der Waals surface area contributed by atoms with Crippen LogP contribution in [0.1, 0.15) is 21.8 Å². The van der Waals surface area contributed by atoms with Gasteiger partial charge in [-0.3, -0.25) is 9.59 Å². The molecule has 3 heterocycles. The first-order chi connectivity index (χ1) is 15.0. The Balaban J connectivity index is 1.31. The van der Waals surface area contributed by atoms with Crippen molar-refractivity contribution in [2.24, 2.45) is 0 Å². The van der Waals surface area contributed by atoms with Crippen LogP contribution in [-0.2, 0) is 10.5 Å². The van der Waals surface area contributed by atoms with Gasteiger partial charge >= 0.3 is 0 Å². The summed E-state index contributed by atoms with van der Waals surface area (Å²) >= 11 is 1.65. The van der Waals surface area contributed by atoms with Gasteiger partial charge in [0.05, 0.1) is 12.2 Å². The lowest BCUT2D eigenvalue weighted by atomic mass is 10.2. The van der Waals surface area contributed by atoms with Crippen molar-refractivity contribution >= 4 is 35.0 Å². The Labute approximate surface area is 183 Å². The summed E-state index contributed by atoms with van der Waals surface area (Å²) in [4.78, 5) is 31.7. The van der Waals surface area contributed by atoms with E-state index in [0.29, 0.717) is 17.1 Å². The Hall–Kier alpha value is -3.59. The number of nitrogens with one attached hydrogen (secondary N) is 1. The Bertz CT molecular complexity index is 1180. The van der Waals surface area contributed by atoms with Crippen molar-refractivity contribution in [3.8, 4) is 0 Å². The Morgan fingerprint density at radius 2 is 2.00 bits per heavy atom. The predicted molar refractivity (Wildman–Crippen MR) is 118 cm³/mol. The fourth-order valence-electron chi connectivity index (χ4n) is 3.02. The lowest BCUT2D eigenvalue weighted by molar-refractivity contribution is -0.116. The van der Waals surface area contributed by atoms with Gasteiger partial charge in [0.1, 0.15) is 11.4 Å². The highest BCUT2D eigenvalue weighted by Gasteiger charge is 2.16. The number of aryl methyl sites for hydroxylation is 1. The third kappa shape index (κ3) is 5.13. The van der Waals surface area contributed by atoms with Crippen molar-refractivity contribution < 1.29 is 14.1 Å². The van der Waals surface area contributed by atoms with Gasteiger partial charge in [0.15, 0.2) is 5.82 Å². The number of pyridine rings is 1. The highest BCUT2D eigenvalue weighted by atomic mass is 32.2. The molecule has 0 aliphatic carbocycles. The first kappa shape index (κ1) is 20.7. The van der Waals surface area contributed by atoms with Crippen LogP contribution in [0.4, 0.5) is 5.82 Å². The fraction of sp³-hybridized carbons (Fsp3) is 0.182. The van der Waals surface area contributed by atoms with E-state index in [1.165, 1.54) is 4.90 Å². The zero-order chi connectivity index (χ0) is 21.8. The number of hydrogen-bond donors (Lipinski definition) is 1. The lowest BCUT2D eigenvalue weighted by Gasteiger charge is -2.16. The molecule has 0 radical (unpaired) electrons. The number of fused-ring (bicyclic) bond motifs is 1. The number of nitrogens with zero attached hydrogens (tertiary/aromatic N) is 4. The molecule has 9 heteroatoms. The van der Waals surface area contributed by atoms with Crippen molar-refractivity contribution in [3.05, 3.63) is 77.9 Å². The summed E-state index contributed by atoms with van der Waals surface area (Å²) in [6.07, 6.45) is 3.99. The molecule has 1 aromatic carbocycles. The zero-order valence-corrected chi connectivity index (χ0v) is 17.9. The van der Waals surface area contributed by atoms with E-state index >= 15 is 0 Å². The molecule has 4 rings (SSSR count). The van der Waals surface area contributed by atoms with Gasteiger partial charge in [0.2, 0.25) is 5.91 Å². The van der Waals surface area contributed by atoms with Gasteiger partial charge in [0.25, 0.3) is 5.91 Å². The van der Waals surface area contributed by atoms with Crippen LogP contribution in [0.3, 0.4) is 0 Å². The van der Waals surface area contributed by atoms with Crippen LogP contribution in [-0.4, -0.2) is 44.8 Å². The average molecular weight is 436 g/mol. The number of imidazole rings is 1. The van der Waals surface area contributed by atoms with Crippen LogP contribution in [0, 0.1) is 6.92 Å². The van der Waals surface area contributed by atoms with Crippen LogP contribution in [0.5, 0.6) is 0 Å². The van der Waals surface area contributed by atoms with Crippen LogP contribution >= 0.6 is 11.8 Å². The molecule has 0 aliphatic rings. The predicted octanol–water partition coefficient (Wildman–Crippen LogP) is 3.63. The quantitative estimate of drug-likeness (QED) is 0.446. The summed E-state index contributed by atoms with van der Waals surface area (Å²) in [6, 6.07) is 14.9. The number of carbonyl (C=O) groups is 2. The summed E-state index contributed by atoms with van der Waals surface area (Å²) in [5.41, 5.74) is 2.43. The van der Waals surface area contributed by atoms with E-state index in [0.717, 1.165) is 22.0 Å². The minimum atomic E-state index is -0.344. The maximum absolute atomic E-state index is 12.6. The van der Waals surface area contributed by atoms with Crippen LogP contribution < -0.4 is 5.32 Å². The van der Waals surface area contributed by atoms with E-state index in [1.54, 1.807) is 43.9 Å². The molecule has 31 heavy (non-hydrogen) atoms. The van der Waals surface area contributed by atoms with Crippen LogP contribution in [0.25, 0.3) is 5.65 Å². The Kier molecular flexibility index (Phi) is 6.03. The third-order valence-corrected chi connectivity index (χ3v) is 5.57. The normalized spacial score (nSPS) is 10.9. The maximum atomic E-state index is 12.6. The minimum absolute atomic E-state index is 0.0882. The van der Waals surface area contributed by atoms with E-state index < -0.39 is 0 Å². The number of aromatic nitrogens is 3. The van der Waals surface area contributed by atoms with Crippen LogP contribution in [0.2, 0.25) is 0 Å². The van der Waals surface area contributed by atoms with Crippen molar-refractivity contribution in [3.63, 3.8) is 0 Å². The second-order valence-corrected chi connectivity index (χ2v) is 8.09. The Morgan fingerprint density at radius 1 is 1.19 bits per heavy atom. The highest BCUT2D eigenvalue weighted by molar-refractivity contribution is 7.98. The fourth-order valence-corrected chi connectivity index (χ4v) is 3.81. The molecule has 0 aliphatic heterocycles. The summed E-state index contributed by atoms with van der Waals surface area (Å²) in [7, 11) is 1.59. The first-order valence-corrected chi connectivity index (χ1v) is 10.6. The van der Waals surface area contributed by atoms with Gasteiger partial charge in [0, 0.05) is 41.7 Å². The number of benzene rings is 1. The van der Waals surface area contributed by atoms with Crippen molar-refractivity contribution in [2.45, 2.75) is 17.6 Å². The summed E-state index contributed by atoms with van der Waals surface area (Å²) in [5, 5.41) is 6.31. The number of thioether (sulfide) groups is 1. The molecule has 0 saturated heterocycles. The molecule has 158 valence electrons. The molecule has 0 spiro atoms. The summed E-state index contributed by atoms with van der Waals surface area (Å²) in [6.45, 7) is 1.65. The summed E-state index contributed by atoms with van der Waals surface area (Å²) < 4.78 is 6.90. The zero-order valence-electron chi connectivity index (χ0n) is 17.1. The second kappa shape index (κ2) is 9.05. The van der Waals surface area contributed by atoms with E-state index in [4.69, 9.17) is 4.52 Å². The molecule has 8 nitrogen and oxygen atoms in total. The molecule has 0 saturated carbocycles. The molecule has 3 aromatic heterocycles. The van der Waals surface area contributed by atoms with Crippen LogP contribution in [0.15, 0.2) is 70.3 Å². The van der Waals surface area contributed by atoms with Gasteiger partial charge in [-0.15, -0.1) is 11.8 Å². The van der Waals surface area contributed by atoms with Gasteiger partial charge in [-0.1, -0.05) is 11.2 Å². The molecule has 4 aromatic rings. The molecule has 0 unspecified atom stereocenters.